The Kier molecular flexibility index (Phi) is 5.13. The zero-order chi connectivity index (χ0) is 23.8. The molecule has 11 heteroatoms. The van der Waals surface area contributed by atoms with E-state index in [1.54, 1.807) is 50.0 Å². The van der Waals surface area contributed by atoms with E-state index in [2.05, 4.69) is 25.0 Å². The van der Waals surface area contributed by atoms with Crippen molar-refractivity contribution in [3.8, 4) is 28.8 Å². The summed E-state index contributed by atoms with van der Waals surface area (Å²) in [5.74, 6) is 2.33. The van der Waals surface area contributed by atoms with Crippen LogP contribution in [0.1, 0.15) is 17.2 Å². The predicted octanol–water partition coefficient (Wildman–Crippen LogP) is 2.99. The van der Waals surface area contributed by atoms with Crippen LogP contribution in [0.2, 0.25) is 0 Å². The highest BCUT2D eigenvalue weighted by Gasteiger charge is 2.27. The fraction of sp³-hybridized carbons (Fsp3) is 0.208. The summed E-state index contributed by atoms with van der Waals surface area (Å²) in [6, 6.07) is 9.53. The van der Waals surface area contributed by atoms with Crippen LogP contribution in [0.3, 0.4) is 0 Å². The standard InChI is InChI=1S/C24H21N7O4/c1-32-19-5-15(6-20-23(19)35-21(11-34-20)16-3-4-22(33-2)26-8-16)10-30-14-28-18-7-17(9-27-24(18)30)31-13-25-12-29-31/h3-9,12-14,21H,10-11H2,1-2H3. The summed E-state index contributed by atoms with van der Waals surface area (Å²) in [5.41, 5.74) is 4.18. The molecule has 5 aromatic rings. The molecule has 0 saturated heterocycles. The lowest BCUT2D eigenvalue weighted by molar-refractivity contribution is 0.0867. The quantitative estimate of drug-likeness (QED) is 0.369. The second-order valence-corrected chi connectivity index (χ2v) is 7.93. The van der Waals surface area contributed by atoms with Crippen LogP contribution in [0.25, 0.3) is 16.9 Å². The molecule has 1 aromatic carbocycles. The zero-order valence-electron chi connectivity index (χ0n) is 19.0. The molecule has 0 amide bonds. The summed E-state index contributed by atoms with van der Waals surface area (Å²) in [6.45, 7) is 0.888. The fourth-order valence-corrected chi connectivity index (χ4v) is 4.02. The summed E-state index contributed by atoms with van der Waals surface area (Å²) in [5, 5.41) is 4.14. The number of nitrogens with zero attached hydrogens (tertiary/aromatic N) is 7. The van der Waals surface area contributed by atoms with Gasteiger partial charge in [-0.25, -0.2) is 24.6 Å². The van der Waals surface area contributed by atoms with Crippen molar-refractivity contribution in [2.45, 2.75) is 12.6 Å². The Balaban J connectivity index is 1.26. The Morgan fingerprint density at radius 1 is 1.03 bits per heavy atom. The lowest BCUT2D eigenvalue weighted by atomic mass is 10.1. The highest BCUT2D eigenvalue weighted by Crippen LogP contribution is 2.44. The van der Waals surface area contributed by atoms with E-state index >= 15 is 0 Å². The third-order valence-electron chi connectivity index (χ3n) is 5.77. The summed E-state index contributed by atoms with van der Waals surface area (Å²) in [7, 11) is 3.20. The summed E-state index contributed by atoms with van der Waals surface area (Å²) < 4.78 is 26.7. The Morgan fingerprint density at radius 2 is 1.97 bits per heavy atom. The number of pyridine rings is 2. The smallest absolute Gasteiger partial charge is 0.212 e. The second-order valence-electron chi connectivity index (χ2n) is 7.93. The third-order valence-corrected chi connectivity index (χ3v) is 5.77. The molecule has 11 nitrogen and oxygen atoms in total. The molecule has 6 rings (SSSR count). The van der Waals surface area contributed by atoms with Crippen LogP contribution >= 0.6 is 0 Å². The molecule has 1 unspecified atom stereocenters. The summed E-state index contributed by atoms with van der Waals surface area (Å²) in [6.07, 6.45) is 8.03. The number of imidazole rings is 1. The zero-order valence-corrected chi connectivity index (χ0v) is 19.0. The van der Waals surface area contributed by atoms with Crippen LogP contribution in [0.15, 0.2) is 61.7 Å². The van der Waals surface area contributed by atoms with Gasteiger partial charge in [0.15, 0.2) is 23.3 Å². The highest BCUT2D eigenvalue weighted by molar-refractivity contribution is 5.73. The summed E-state index contributed by atoms with van der Waals surface area (Å²) in [4.78, 5) is 17.3. The number of hydrogen-bond acceptors (Lipinski definition) is 9. The van der Waals surface area contributed by atoms with Crippen LogP contribution < -0.4 is 18.9 Å². The first kappa shape index (κ1) is 20.9. The minimum absolute atomic E-state index is 0.304. The number of methoxy groups -OCH3 is 2. The van der Waals surface area contributed by atoms with E-state index in [4.69, 9.17) is 18.9 Å². The fourth-order valence-electron chi connectivity index (χ4n) is 4.02. The number of rotatable bonds is 6. The number of aromatic nitrogens is 7. The van der Waals surface area contributed by atoms with Gasteiger partial charge in [0.05, 0.1) is 39.0 Å². The maximum atomic E-state index is 6.25. The van der Waals surface area contributed by atoms with Crippen molar-refractivity contribution in [1.29, 1.82) is 0 Å². The van der Waals surface area contributed by atoms with E-state index in [1.165, 1.54) is 6.33 Å². The molecule has 0 spiro atoms. The number of fused-ring (bicyclic) bond motifs is 2. The summed E-state index contributed by atoms with van der Waals surface area (Å²) >= 11 is 0. The molecule has 0 N–H and O–H groups in total. The van der Waals surface area contributed by atoms with Crippen LogP contribution in [-0.2, 0) is 6.54 Å². The maximum absolute atomic E-state index is 6.25. The molecule has 5 heterocycles. The average Bonchev–Trinajstić information content (AvgIpc) is 3.58. The lowest BCUT2D eigenvalue weighted by Crippen LogP contribution is -2.22. The molecule has 176 valence electrons. The molecule has 35 heavy (non-hydrogen) atoms. The van der Waals surface area contributed by atoms with Gasteiger partial charge in [-0.15, -0.1) is 0 Å². The highest BCUT2D eigenvalue weighted by atomic mass is 16.6. The Labute approximate surface area is 199 Å². The number of benzene rings is 1. The first-order chi connectivity index (χ1) is 17.2. The SMILES string of the molecule is COc1ccc(C2COc3cc(Cn4cnc5cc(-n6cncn6)cnc54)cc(OC)c3O2)cn1. The molecule has 0 radical (unpaired) electrons. The van der Waals surface area contributed by atoms with Crippen LogP contribution in [0.5, 0.6) is 23.1 Å². The van der Waals surface area contributed by atoms with Gasteiger partial charge >= 0.3 is 0 Å². The van der Waals surface area contributed by atoms with Gasteiger partial charge in [0, 0.05) is 17.8 Å². The van der Waals surface area contributed by atoms with Gasteiger partial charge in [-0.05, 0) is 29.8 Å². The number of hydrogen-bond donors (Lipinski definition) is 0. The van der Waals surface area contributed by atoms with Crippen molar-refractivity contribution in [2.24, 2.45) is 0 Å². The minimum atomic E-state index is -0.304. The van der Waals surface area contributed by atoms with Gasteiger partial charge in [-0.2, -0.15) is 5.10 Å². The van der Waals surface area contributed by atoms with Crippen LogP contribution in [0.4, 0.5) is 0 Å². The third kappa shape index (κ3) is 3.86. The van der Waals surface area contributed by atoms with Crippen molar-refractivity contribution >= 4 is 11.2 Å². The maximum Gasteiger partial charge on any atom is 0.212 e. The molecule has 4 aromatic heterocycles. The van der Waals surface area contributed by atoms with Gasteiger partial charge in [-0.1, -0.05) is 0 Å². The van der Waals surface area contributed by atoms with Crippen LogP contribution in [0, 0.1) is 0 Å². The topological polar surface area (TPSA) is 111 Å². The van der Waals surface area contributed by atoms with Gasteiger partial charge in [-0.3, -0.25) is 0 Å². The van der Waals surface area contributed by atoms with Gasteiger partial charge in [0.25, 0.3) is 0 Å². The molecule has 1 aliphatic rings. The molecular weight excluding hydrogens is 450 g/mol. The molecule has 0 fully saturated rings. The minimum Gasteiger partial charge on any atom is -0.493 e. The normalized spacial score (nSPS) is 14.7. The average molecular weight is 471 g/mol. The largest absolute Gasteiger partial charge is 0.493 e. The van der Waals surface area contributed by atoms with Crippen molar-refractivity contribution in [3.63, 3.8) is 0 Å². The first-order valence-corrected chi connectivity index (χ1v) is 10.9. The Morgan fingerprint density at radius 3 is 2.74 bits per heavy atom. The monoisotopic (exact) mass is 471 g/mol. The van der Waals surface area contributed by atoms with Crippen molar-refractivity contribution < 1.29 is 18.9 Å². The van der Waals surface area contributed by atoms with Gasteiger partial charge < -0.3 is 23.5 Å². The second kappa shape index (κ2) is 8.60. The van der Waals surface area contributed by atoms with E-state index in [9.17, 15) is 0 Å². The molecule has 1 atom stereocenters. The number of ether oxygens (including phenoxy) is 4. The van der Waals surface area contributed by atoms with E-state index in [0.717, 1.165) is 28.0 Å². The van der Waals surface area contributed by atoms with Gasteiger partial charge in [0.1, 0.15) is 24.8 Å². The molecule has 0 bridgehead atoms. The van der Waals surface area contributed by atoms with Gasteiger partial charge in [0.2, 0.25) is 11.6 Å². The van der Waals surface area contributed by atoms with E-state index in [0.29, 0.717) is 36.3 Å². The lowest BCUT2D eigenvalue weighted by Gasteiger charge is -2.28. The Bertz CT molecular complexity index is 1470. The molecular formula is C24H21N7O4. The van der Waals surface area contributed by atoms with E-state index < -0.39 is 0 Å². The van der Waals surface area contributed by atoms with E-state index in [1.807, 2.05) is 28.8 Å². The van der Waals surface area contributed by atoms with Crippen LogP contribution in [-0.4, -0.2) is 55.1 Å². The predicted molar refractivity (Wildman–Crippen MR) is 124 cm³/mol. The van der Waals surface area contributed by atoms with E-state index in [-0.39, 0.29) is 6.10 Å². The molecule has 1 aliphatic heterocycles. The molecule has 0 saturated carbocycles. The first-order valence-electron chi connectivity index (χ1n) is 10.9. The molecule has 0 aliphatic carbocycles. The Hall–Kier alpha value is -4.67. The van der Waals surface area contributed by atoms with Crippen molar-refractivity contribution in [3.05, 3.63) is 72.8 Å². The van der Waals surface area contributed by atoms with Crippen molar-refractivity contribution in [2.75, 3.05) is 20.8 Å². The van der Waals surface area contributed by atoms with Crippen molar-refractivity contribution in [1.82, 2.24) is 34.3 Å².